The summed E-state index contributed by atoms with van der Waals surface area (Å²) in [4.78, 5) is 33.2. The van der Waals surface area contributed by atoms with Crippen molar-refractivity contribution in [1.82, 2.24) is 20.2 Å². The van der Waals surface area contributed by atoms with Crippen molar-refractivity contribution in [1.29, 1.82) is 0 Å². The van der Waals surface area contributed by atoms with Gasteiger partial charge in [0.2, 0.25) is 5.91 Å². The van der Waals surface area contributed by atoms with E-state index in [2.05, 4.69) is 15.3 Å². The van der Waals surface area contributed by atoms with Crippen LogP contribution in [0.25, 0.3) is 28.6 Å². The Morgan fingerprint density at radius 2 is 2.00 bits per heavy atom. The fourth-order valence-electron chi connectivity index (χ4n) is 3.32. The summed E-state index contributed by atoms with van der Waals surface area (Å²) in [6.07, 6.45) is 5.92. The maximum Gasteiger partial charge on any atom is 0.253 e. The van der Waals surface area contributed by atoms with Crippen molar-refractivity contribution in [3.05, 3.63) is 71.6 Å². The number of nitrogens with zero attached hydrogens (tertiary/aromatic N) is 2. The highest BCUT2D eigenvalue weighted by Gasteiger charge is 2.20. The van der Waals surface area contributed by atoms with Gasteiger partial charge in [-0.2, -0.15) is 0 Å². The summed E-state index contributed by atoms with van der Waals surface area (Å²) < 4.78 is 0. The SMILES string of the molecule is CN(C)C(=O)C=Cc1cccc(-c2cc(-c3cc4c([nH]3)CCNC4=O)ccn2)c1. The molecule has 2 aromatic heterocycles. The van der Waals surface area contributed by atoms with E-state index in [0.717, 1.165) is 40.2 Å². The molecule has 0 saturated carbocycles. The minimum absolute atomic E-state index is 0.0326. The predicted octanol–water partition coefficient (Wildman–Crippen LogP) is 3.13. The average Bonchev–Trinajstić information content (AvgIpc) is 3.18. The van der Waals surface area contributed by atoms with Gasteiger partial charge in [0.15, 0.2) is 0 Å². The van der Waals surface area contributed by atoms with Crippen molar-refractivity contribution in [3.8, 4) is 22.5 Å². The molecule has 1 aliphatic rings. The lowest BCUT2D eigenvalue weighted by Crippen LogP contribution is -2.31. The van der Waals surface area contributed by atoms with Gasteiger partial charge in [-0.25, -0.2) is 0 Å². The number of hydrogen-bond acceptors (Lipinski definition) is 3. The highest BCUT2D eigenvalue weighted by molar-refractivity contribution is 5.97. The molecule has 3 aromatic rings. The molecule has 29 heavy (non-hydrogen) atoms. The van der Waals surface area contributed by atoms with Crippen molar-refractivity contribution in [2.75, 3.05) is 20.6 Å². The lowest BCUT2D eigenvalue weighted by atomic mass is 10.0. The molecule has 0 fully saturated rings. The third-order valence-electron chi connectivity index (χ3n) is 4.92. The number of rotatable bonds is 4. The molecule has 1 aromatic carbocycles. The Morgan fingerprint density at radius 3 is 2.79 bits per heavy atom. The first kappa shape index (κ1) is 18.7. The molecule has 0 atom stereocenters. The first-order valence-corrected chi connectivity index (χ1v) is 9.47. The molecule has 6 heteroatoms. The lowest BCUT2D eigenvalue weighted by Gasteiger charge is -2.11. The van der Waals surface area contributed by atoms with Gasteiger partial charge in [0.1, 0.15) is 0 Å². The van der Waals surface area contributed by atoms with Crippen molar-refractivity contribution >= 4 is 17.9 Å². The molecule has 0 bridgehead atoms. The molecule has 0 spiro atoms. The zero-order chi connectivity index (χ0) is 20.4. The van der Waals surface area contributed by atoms with Gasteiger partial charge in [0, 0.05) is 61.8 Å². The van der Waals surface area contributed by atoms with Crippen LogP contribution >= 0.6 is 0 Å². The number of pyridine rings is 1. The van der Waals surface area contributed by atoms with E-state index in [-0.39, 0.29) is 11.8 Å². The molecule has 2 amide bonds. The fraction of sp³-hybridized carbons (Fsp3) is 0.174. The molecule has 6 nitrogen and oxygen atoms in total. The largest absolute Gasteiger partial charge is 0.358 e. The number of carbonyl (C=O) groups is 2. The minimum Gasteiger partial charge on any atom is -0.358 e. The van der Waals surface area contributed by atoms with Crippen LogP contribution < -0.4 is 5.32 Å². The molecule has 0 aliphatic carbocycles. The van der Waals surface area contributed by atoms with Crippen LogP contribution in [0.5, 0.6) is 0 Å². The number of fused-ring (bicyclic) bond motifs is 1. The van der Waals surface area contributed by atoms with Gasteiger partial charge in [-0.1, -0.05) is 18.2 Å². The predicted molar refractivity (Wildman–Crippen MR) is 113 cm³/mol. The second kappa shape index (κ2) is 7.75. The number of aromatic nitrogens is 2. The summed E-state index contributed by atoms with van der Waals surface area (Å²) in [6, 6.07) is 13.7. The topological polar surface area (TPSA) is 78.1 Å². The van der Waals surface area contributed by atoms with Gasteiger partial charge < -0.3 is 15.2 Å². The number of H-pyrrole nitrogens is 1. The third-order valence-corrected chi connectivity index (χ3v) is 4.92. The van der Waals surface area contributed by atoms with E-state index in [1.807, 2.05) is 42.5 Å². The van der Waals surface area contributed by atoms with Crippen LogP contribution in [0.3, 0.4) is 0 Å². The molecular weight excluding hydrogens is 364 g/mol. The van der Waals surface area contributed by atoms with Gasteiger partial charge in [0.05, 0.1) is 11.3 Å². The van der Waals surface area contributed by atoms with E-state index in [1.165, 1.54) is 4.90 Å². The fourth-order valence-corrected chi connectivity index (χ4v) is 3.32. The van der Waals surface area contributed by atoms with E-state index in [1.54, 1.807) is 32.4 Å². The summed E-state index contributed by atoms with van der Waals surface area (Å²) in [5, 5.41) is 2.87. The van der Waals surface area contributed by atoms with Crippen LogP contribution in [0.15, 0.2) is 54.7 Å². The number of nitrogens with one attached hydrogen (secondary N) is 2. The second-order valence-corrected chi connectivity index (χ2v) is 7.20. The maximum atomic E-state index is 12.0. The number of carbonyl (C=O) groups excluding carboxylic acids is 2. The number of hydrogen-bond donors (Lipinski definition) is 2. The number of aromatic amines is 1. The minimum atomic E-state index is -0.0599. The molecule has 4 rings (SSSR count). The Balaban J connectivity index is 1.64. The summed E-state index contributed by atoms with van der Waals surface area (Å²) >= 11 is 0. The average molecular weight is 386 g/mol. The van der Waals surface area contributed by atoms with E-state index in [0.29, 0.717) is 12.1 Å². The van der Waals surface area contributed by atoms with Crippen molar-refractivity contribution in [2.45, 2.75) is 6.42 Å². The monoisotopic (exact) mass is 386 g/mol. The van der Waals surface area contributed by atoms with Gasteiger partial charge >= 0.3 is 0 Å². The Labute approximate surface area is 169 Å². The number of amides is 2. The molecule has 2 N–H and O–H groups in total. The van der Waals surface area contributed by atoms with Crippen LogP contribution in [0.2, 0.25) is 0 Å². The molecule has 1 aliphatic heterocycles. The van der Waals surface area contributed by atoms with Gasteiger partial charge in [-0.05, 0) is 35.9 Å². The number of likely N-dealkylation sites (N-methyl/N-ethyl adjacent to an activating group) is 1. The van der Waals surface area contributed by atoms with E-state index < -0.39 is 0 Å². The van der Waals surface area contributed by atoms with Gasteiger partial charge in [-0.15, -0.1) is 0 Å². The lowest BCUT2D eigenvalue weighted by molar-refractivity contribution is -0.123. The first-order chi connectivity index (χ1) is 14.0. The molecule has 0 radical (unpaired) electrons. The van der Waals surface area contributed by atoms with Crippen LogP contribution in [0.4, 0.5) is 0 Å². The summed E-state index contributed by atoms with van der Waals surface area (Å²) in [6.45, 7) is 0.657. The van der Waals surface area contributed by atoms with Crippen LogP contribution in [-0.2, 0) is 11.2 Å². The first-order valence-electron chi connectivity index (χ1n) is 9.47. The Hall–Kier alpha value is -3.67. The summed E-state index contributed by atoms with van der Waals surface area (Å²) in [5.41, 5.74) is 6.28. The van der Waals surface area contributed by atoms with Crippen LogP contribution in [0, 0.1) is 0 Å². The zero-order valence-corrected chi connectivity index (χ0v) is 16.4. The summed E-state index contributed by atoms with van der Waals surface area (Å²) in [7, 11) is 3.45. The highest BCUT2D eigenvalue weighted by atomic mass is 16.2. The van der Waals surface area contributed by atoms with E-state index in [9.17, 15) is 9.59 Å². The molecule has 0 saturated heterocycles. The second-order valence-electron chi connectivity index (χ2n) is 7.20. The Morgan fingerprint density at radius 1 is 1.14 bits per heavy atom. The quantitative estimate of drug-likeness (QED) is 0.676. The zero-order valence-electron chi connectivity index (χ0n) is 16.4. The Bertz CT molecular complexity index is 1110. The van der Waals surface area contributed by atoms with E-state index >= 15 is 0 Å². The maximum absolute atomic E-state index is 12.0. The van der Waals surface area contributed by atoms with Gasteiger partial charge in [-0.3, -0.25) is 14.6 Å². The molecule has 146 valence electrons. The highest BCUT2D eigenvalue weighted by Crippen LogP contribution is 2.27. The van der Waals surface area contributed by atoms with Gasteiger partial charge in [0.25, 0.3) is 5.91 Å². The van der Waals surface area contributed by atoms with Crippen LogP contribution in [-0.4, -0.2) is 47.3 Å². The van der Waals surface area contributed by atoms with Crippen molar-refractivity contribution in [3.63, 3.8) is 0 Å². The molecule has 3 heterocycles. The molecular formula is C23H22N4O2. The van der Waals surface area contributed by atoms with E-state index in [4.69, 9.17) is 0 Å². The van der Waals surface area contributed by atoms with Crippen LogP contribution in [0.1, 0.15) is 21.6 Å². The van der Waals surface area contributed by atoms with Crippen molar-refractivity contribution < 1.29 is 9.59 Å². The normalized spacial score (nSPS) is 13.2. The smallest absolute Gasteiger partial charge is 0.253 e. The summed E-state index contributed by atoms with van der Waals surface area (Å²) in [5.74, 6) is -0.0925. The standard InChI is InChI=1S/C23H22N4O2/c1-27(2)22(28)7-6-15-4-3-5-16(12-15)20-13-17(8-10-24-20)21-14-18-19(26-21)9-11-25-23(18)29/h3-8,10,12-14,26H,9,11H2,1-2H3,(H,25,29). The number of benzene rings is 1. The molecule has 0 unspecified atom stereocenters. The Kier molecular flexibility index (Phi) is 4.99. The third kappa shape index (κ3) is 3.96. The van der Waals surface area contributed by atoms with Crippen molar-refractivity contribution in [2.24, 2.45) is 0 Å².